The Bertz CT molecular complexity index is 687. The number of hydrogen-bond acceptors (Lipinski definition) is 1. The second kappa shape index (κ2) is 4.50. The number of benzene rings is 1. The van der Waals surface area contributed by atoms with Crippen LogP contribution in [0.2, 0.25) is 0 Å². The molecule has 0 radical (unpaired) electrons. The van der Waals surface area contributed by atoms with Crippen LogP contribution in [0.3, 0.4) is 0 Å². The fraction of sp³-hybridized carbons (Fsp3) is 0.500. The van der Waals surface area contributed by atoms with Crippen molar-refractivity contribution in [3.63, 3.8) is 0 Å². The molecule has 2 aromatic rings. The summed E-state index contributed by atoms with van der Waals surface area (Å²) in [5.74, 6) is 0. The van der Waals surface area contributed by atoms with Crippen LogP contribution in [-0.4, -0.2) is 29.0 Å². The summed E-state index contributed by atoms with van der Waals surface area (Å²) in [6.45, 7) is 2.03. The number of nitrogens with one attached hydrogen (secondary N) is 1. The van der Waals surface area contributed by atoms with Crippen LogP contribution in [0.4, 0.5) is 13.2 Å². The highest BCUT2D eigenvalue weighted by molar-refractivity contribution is 5.88. The van der Waals surface area contributed by atoms with E-state index in [0.29, 0.717) is 16.9 Å². The Kier molecular flexibility index (Phi) is 2.83. The topological polar surface area (TPSA) is 19.0 Å². The molecule has 0 spiro atoms. The number of hydrogen-bond donors (Lipinski definition) is 1. The smallest absolute Gasteiger partial charge is 0.358 e. The van der Waals surface area contributed by atoms with Crippen LogP contribution >= 0.6 is 0 Å². The minimum atomic E-state index is -4.29. The lowest BCUT2D eigenvalue weighted by Gasteiger charge is -2.21. The molecule has 0 amide bonds. The molecule has 1 N–H and O–H groups in total. The Hall–Kier alpha value is -1.49. The van der Waals surface area contributed by atoms with Crippen molar-refractivity contribution in [1.82, 2.24) is 9.88 Å². The minimum Gasteiger partial charge on any atom is -0.358 e. The summed E-state index contributed by atoms with van der Waals surface area (Å²) in [6.07, 6.45) is -0.480. The summed E-state index contributed by atoms with van der Waals surface area (Å²) in [5.41, 5.74) is 2.02. The van der Waals surface area contributed by atoms with Gasteiger partial charge in [-0.2, -0.15) is 13.2 Å². The lowest BCUT2D eigenvalue weighted by atomic mass is 9.98. The van der Waals surface area contributed by atoms with E-state index in [1.165, 1.54) is 12.1 Å². The average molecular weight is 294 g/mol. The molecule has 112 valence electrons. The van der Waals surface area contributed by atoms with Gasteiger partial charge in [-0.1, -0.05) is 6.07 Å². The molecule has 1 aromatic heterocycles. The molecular weight excluding hydrogens is 277 g/mol. The Labute approximate surface area is 120 Å². The third-order valence-corrected chi connectivity index (χ3v) is 4.91. The van der Waals surface area contributed by atoms with Crippen LogP contribution < -0.4 is 0 Å². The van der Waals surface area contributed by atoms with Gasteiger partial charge >= 0.3 is 6.18 Å². The van der Waals surface area contributed by atoms with Gasteiger partial charge in [0.2, 0.25) is 0 Å². The number of fused-ring (bicyclic) bond motifs is 4. The zero-order chi connectivity index (χ0) is 14.6. The first kappa shape index (κ1) is 13.2. The number of H-pyrrole nitrogens is 1. The summed E-state index contributed by atoms with van der Waals surface area (Å²) in [7, 11) is 0. The number of halogens is 3. The molecule has 0 bridgehead atoms. The zero-order valence-electron chi connectivity index (χ0n) is 11.6. The molecule has 2 aliphatic heterocycles. The maximum Gasteiger partial charge on any atom is 0.417 e. The Morgan fingerprint density at radius 3 is 2.86 bits per heavy atom. The quantitative estimate of drug-likeness (QED) is 0.784. The van der Waals surface area contributed by atoms with Crippen LogP contribution in [0.1, 0.15) is 29.7 Å². The third kappa shape index (κ3) is 2.06. The molecule has 4 rings (SSSR count). The van der Waals surface area contributed by atoms with E-state index in [1.807, 2.05) is 0 Å². The van der Waals surface area contributed by atoms with Gasteiger partial charge in [-0.05, 0) is 43.5 Å². The van der Waals surface area contributed by atoms with Gasteiger partial charge in [0.1, 0.15) is 0 Å². The largest absolute Gasteiger partial charge is 0.417 e. The van der Waals surface area contributed by atoms with Gasteiger partial charge in [0.25, 0.3) is 0 Å². The van der Waals surface area contributed by atoms with Gasteiger partial charge in [-0.15, -0.1) is 0 Å². The zero-order valence-corrected chi connectivity index (χ0v) is 11.6. The number of aromatic amines is 1. The Balaban J connectivity index is 1.90. The lowest BCUT2D eigenvalue weighted by molar-refractivity contribution is -0.136. The number of aromatic nitrogens is 1. The molecule has 0 unspecified atom stereocenters. The van der Waals surface area contributed by atoms with Gasteiger partial charge in [0.05, 0.1) is 5.56 Å². The van der Waals surface area contributed by atoms with E-state index in [1.54, 1.807) is 6.07 Å². The van der Waals surface area contributed by atoms with Crippen molar-refractivity contribution >= 4 is 10.9 Å². The molecule has 2 nitrogen and oxygen atoms in total. The summed E-state index contributed by atoms with van der Waals surface area (Å²) >= 11 is 0. The molecule has 5 heteroatoms. The van der Waals surface area contributed by atoms with Crippen molar-refractivity contribution < 1.29 is 13.2 Å². The van der Waals surface area contributed by atoms with Crippen molar-refractivity contribution in [2.24, 2.45) is 0 Å². The predicted molar refractivity (Wildman–Crippen MR) is 75.3 cm³/mol. The molecule has 21 heavy (non-hydrogen) atoms. The highest BCUT2D eigenvalue weighted by atomic mass is 19.4. The van der Waals surface area contributed by atoms with Gasteiger partial charge in [0, 0.05) is 35.6 Å². The van der Waals surface area contributed by atoms with Gasteiger partial charge < -0.3 is 4.98 Å². The summed E-state index contributed by atoms with van der Waals surface area (Å²) in [4.78, 5) is 5.66. The fourth-order valence-corrected chi connectivity index (χ4v) is 3.96. The first-order valence-corrected chi connectivity index (χ1v) is 7.48. The standard InChI is InChI=1S/C16H17F3N2/c17-16(18,19)12-4-1-5-14-15(12)11-9-10-3-2-7-21(10)8-6-13(11)20-14/h1,4-5,10,20H,2-3,6-9H2/t10-/m0/s1. The molecule has 0 saturated carbocycles. The molecule has 1 saturated heterocycles. The van der Waals surface area contributed by atoms with Crippen LogP contribution in [0.15, 0.2) is 18.2 Å². The molecule has 3 heterocycles. The second-order valence-electron chi connectivity index (χ2n) is 6.09. The second-order valence-corrected chi connectivity index (χ2v) is 6.09. The number of alkyl halides is 3. The van der Waals surface area contributed by atoms with Gasteiger partial charge in [-0.25, -0.2) is 0 Å². The van der Waals surface area contributed by atoms with E-state index < -0.39 is 11.7 Å². The summed E-state index contributed by atoms with van der Waals surface area (Å²) in [5, 5.41) is 0.397. The maximum absolute atomic E-state index is 13.3. The van der Waals surface area contributed by atoms with Crippen LogP contribution in [0.25, 0.3) is 10.9 Å². The Morgan fingerprint density at radius 1 is 1.19 bits per heavy atom. The van der Waals surface area contributed by atoms with Crippen molar-refractivity contribution in [3.05, 3.63) is 35.0 Å². The van der Waals surface area contributed by atoms with Gasteiger partial charge in [-0.3, -0.25) is 4.90 Å². The molecule has 1 fully saturated rings. The van der Waals surface area contributed by atoms with E-state index in [0.717, 1.165) is 50.0 Å². The average Bonchev–Trinajstić information content (AvgIpc) is 2.97. The van der Waals surface area contributed by atoms with Crippen LogP contribution in [0.5, 0.6) is 0 Å². The van der Waals surface area contributed by atoms with E-state index >= 15 is 0 Å². The molecule has 1 aromatic carbocycles. The van der Waals surface area contributed by atoms with Crippen molar-refractivity contribution in [1.29, 1.82) is 0 Å². The molecule has 2 aliphatic rings. The normalized spacial score (nSPS) is 23.1. The van der Waals surface area contributed by atoms with E-state index in [-0.39, 0.29) is 0 Å². The van der Waals surface area contributed by atoms with E-state index in [9.17, 15) is 13.2 Å². The SMILES string of the molecule is FC(F)(F)c1cccc2[nH]c3c(c12)C[C@@H]1CCCN1CC3. The first-order valence-electron chi connectivity index (χ1n) is 7.48. The predicted octanol–water partition coefficient (Wildman–Crippen LogP) is 3.75. The van der Waals surface area contributed by atoms with Crippen LogP contribution in [0, 0.1) is 0 Å². The fourth-order valence-electron chi connectivity index (χ4n) is 3.96. The number of nitrogens with zero attached hydrogens (tertiary/aromatic N) is 1. The Morgan fingerprint density at radius 2 is 2.05 bits per heavy atom. The van der Waals surface area contributed by atoms with E-state index in [2.05, 4.69) is 9.88 Å². The summed E-state index contributed by atoms with van der Waals surface area (Å²) < 4.78 is 39.9. The molecule has 0 aliphatic carbocycles. The highest BCUT2D eigenvalue weighted by Crippen LogP contribution is 2.39. The van der Waals surface area contributed by atoms with Crippen LogP contribution in [-0.2, 0) is 19.0 Å². The van der Waals surface area contributed by atoms with Crippen molar-refractivity contribution in [2.75, 3.05) is 13.1 Å². The maximum atomic E-state index is 13.3. The minimum absolute atomic E-state index is 0.397. The monoisotopic (exact) mass is 294 g/mol. The first-order chi connectivity index (χ1) is 10.0. The van der Waals surface area contributed by atoms with E-state index in [4.69, 9.17) is 0 Å². The number of rotatable bonds is 0. The van der Waals surface area contributed by atoms with Crippen molar-refractivity contribution in [3.8, 4) is 0 Å². The highest BCUT2D eigenvalue weighted by Gasteiger charge is 2.36. The summed E-state index contributed by atoms with van der Waals surface area (Å²) in [6, 6.07) is 4.86. The third-order valence-electron chi connectivity index (χ3n) is 4.91. The molecular formula is C16H17F3N2. The molecule has 1 atom stereocenters. The van der Waals surface area contributed by atoms with Crippen molar-refractivity contribution in [2.45, 2.75) is 37.9 Å². The lowest BCUT2D eigenvalue weighted by Crippen LogP contribution is -2.30. The van der Waals surface area contributed by atoms with Gasteiger partial charge in [0.15, 0.2) is 0 Å².